The van der Waals surface area contributed by atoms with Crippen LogP contribution in [0.25, 0.3) is 11.2 Å². The Morgan fingerprint density at radius 2 is 1.71 bits per heavy atom. The lowest BCUT2D eigenvalue weighted by molar-refractivity contribution is -0.396. The molecular formula is C8H9N5O4. The molecule has 0 aromatic carbocycles. The Hall–Kier alpha value is -2.45. The van der Waals surface area contributed by atoms with Crippen LogP contribution < -0.4 is 11.2 Å². The van der Waals surface area contributed by atoms with Gasteiger partial charge in [-0.15, -0.1) is 0 Å². The minimum absolute atomic E-state index is 0.00676. The number of nitrogens with zero attached hydrogens (tertiary/aromatic N) is 5. The van der Waals surface area contributed by atoms with Crippen LogP contribution >= 0.6 is 0 Å². The van der Waals surface area contributed by atoms with Gasteiger partial charge in [0.05, 0.1) is 7.05 Å². The Balaban J connectivity index is 3.14. The fraction of sp³-hybridized carbons (Fsp3) is 0.375. The standard InChI is InChI=1S/C8H9N5O4/c1-10-4-5(9-7(10)13(16)17)11(2)8(15)12(3)6(4)14/h1-3H3. The first-order valence-electron chi connectivity index (χ1n) is 4.63. The number of aromatic nitrogens is 4. The monoisotopic (exact) mass is 239 g/mol. The molecule has 0 N–H and O–H groups in total. The van der Waals surface area contributed by atoms with Crippen molar-refractivity contribution in [3.05, 3.63) is 31.0 Å². The molecule has 90 valence electrons. The molecule has 0 saturated carbocycles. The Labute approximate surface area is 93.7 Å². The van der Waals surface area contributed by atoms with Crippen LogP contribution in [0.15, 0.2) is 9.59 Å². The van der Waals surface area contributed by atoms with E-state index >= 15 is 0 Å². The van der Waals surface area contributed by atoms with Crippen molar-refractivity contribution in [2.75, 3.05) is 0 Å². The Morgan fingerprint density at radius 1 is 1.12 bits per heavy atom. The van der Waals surface area contributed by atoms with E-state index in [1.165, 1.54) is 21.1 Å². The van der Waals surface area contributed by atoms with Crippen molar-refractivity contribution in [1.29, 1.82) is 0 Å². The van der Waals surface area contributed by atoms with Crippen molar-refractivity contribution in [3.63, 3.8) is 0 Å². The molecule has 0 aliphatic heterocycles. The first kappa shape index (κ1) is 11.0. The summed E-state index contributed by atoms with van der Waals surface area (Å²) in [5.41, 5.74) is -1.14. The Morgan fingerprint density at radius 3 is 2.24 bits per heavy atom. The highest BCUT2D eigenvalue weighted by atomic mass is 16.6. The highest BCUT2D eigenvalue weighted by Crippen LogP contribution is 2.14. The molecule has 0 atom stereocenters. The normalized spacial score (nSPS) is 11.0. The van der Waals surface area contributed by atoms with E-state index in [1.54, 1.807) is 0 Å². The Bertz CT molecular complexity index is 750. The van der Waals surface area contributed by atoms with Gasteiger partial charge in [-0.25, -0.2) is 9.36 Å². The zero-order valence-electron chi connectivity index (χ0n) is 9.37. The molecule has 0 aliphatic rings. The molecule has 0 spiro atoms. The second-order valence-electron chi connectivity index (χ2n) is 3.61. The topological polar surface area (TPSA) is 105 Å². The summed E-state index contributed by atoms with van der Waals surface area (Å²) in [6.45, 7) is 0. The number of aryl methyl sites for hydroxylation is 2. The summed E-state index contributed by atoms with van der Waals surface area (Å²) in [5.74, 6) is -0.474. The van der Waals surface area contributed by atoms with E-state index in [1.807, 2.05) is 0 Å². The molecule has 9 heteroatoms. The second-order valence-corrected chi connectivity index (χ2v) is 3.61. The summed E-state index contributed by atoms with van der Waals surface area (Å²) in [5, 5.41) is 10.7. The van der Waals surface area contributed by atoms with Crippen molar-refractivity contribution < 1.29 is 4.92 Å². The van der Waals surface area contributed by atoms with Gasteiger partial charge >= 0.3 is 11.6 Å². The predicted molar refractivity (Wildman–Crippen MR) is 57.9 cm³/mol. The van der Waals surface area contributed by atoms with Crippen LogP contribution in [-0.4, -0.2) is 23.6 Å². The lowest BCUT2D eigenvalue weighted by Gasteiger charge is -1.99. The molecular weight excluding hydrogens is 230 g/mol. The van der Waals surface area contributed by atoms with Gasteiger partial charge in [0, 0.05) is 14.1 Å². The third-order valence-corrected chi connectivity index (χ3v) is 2.62. The average Bonchev–Trinajstić information content (AvgIpc) is 2.62. The summed E-state index contributed by atoms with van der Waals surface area (Å²) in [6, 6.07) is 0. The quantitative estimate of drug-likeness (QED) is 0.463. The molecule has 9 nitrogen and oxygen atoms in total. The zero-order valence-corrected chi connectivity index (χ0v) is 9.37. The molecule has 0 saturated heterocycles. The molecule has 0 amide bonds. The summed E-state index contributed by atoms with van der Waals surface area (Å²) in [6.07, 6.45) is 0. The van der Waals surface area contributed by atoms with Gasteiger partial charge in [-0.2, -0.15) is 0 Å². The van der Waals surface area contributed by atoms with Crippen LogP contribution in [0.2, 0.25) is 0 Å². The highest BCUT2D eigenvalue weighted by Gasteiger charge is 2.25. The van der Waals surface area contributed by atoms with E-state index in [0.717, 1.165) is 13.7 Å². The van der Waals surface area contributed by atoms with Crippen LogP contribution in [-0.2, 0) is 21.1 Å². The van der Waals surface area contributed by atoms with Gasteiger partial charge in [0.25, 0.3) is 11.2 Å². The van der Waals surface area contributed by atoms with Gasteiger partial charge in [-0.1, -0.05) is 0 Å². The van der Waals surface area contributed by atoms with Crippen molar-refractivity contribution >= 4 is 17.1 Å². The van der Waals surface area contributed by atoms with Crippen LogP contribution in [0, 0.1) is 10.1 Å². The number of rotatable bonds is 1. The fourth-order valence-corrected chi connectivity index (χ4v) is 1.67. The van der Waals surface area contributed by atoms with Gasteiger partial charge < -0.3 is 10.1 Å². The molecule has 0 aliphatic carbocycles. The van der Waals surface area contributed by atoms with Gasteiger partial charge in [-0.05, 0) is 9.91 Å². The third kappa shape index (κ3) is 1.28. The number of hydrogen-bond acceptors (Lipinski definition) is 5. The lowest BCUT2D eigenvalue weighted by Crippen LogP contribution is -2.37. The first-order chi connectivity index (χ1) is 7.86. The summed E-state index contributed by atoms with van der Waals surface area (Å²) in [4.78, 5) is 37.1. The van der Waals surface area contributed by atoms with Crippen LogP contribution in [0.4, 0.5) is 5.95 Å². The fourth-order valence-electron chi connectivity index (χ4n) is 1.67. The van der Waals surface area contributed by atoms with Crippen LogP contribution in [0.3, 0.4) is 0 Å². The van der Waals surface area contributed by atoms with Crippen LogP contribution in [0.1, 0.15) is 0 Å². The van der Waals surface area contributed by atoms with E-state index in [2.05, 4.69) is 4.98 Å². The highest BCUT2D eigenvalue weighted by molar-refractivity contribution is 5.72. The van der Waals surface area contributed by atoms with Crippen molar-refractivity contribution in [1.82, 2.24) is 18.7 Å². The smallest absolute Gasteiger partial charge is 0.390 e. The van der Waals surface area contributed by atoms with E-state index in [9.17, 15) is 19.7 Å². The maximum absolute atomic E-state index is 11.8. The lowest BCUT2D eigenvalue weighted by atomic mass is 10.5. The van der Waals surface area contributed by atoms with Crippen molar-refractivity contribution in [2.45, 2.75) is 0 Å². The minimum Gasteiger partial charge on any atom is -0.390 e. The van der Waals surface area contributed by atoms with E-state index in [-0.39, 0.29) is 11.2 Å². The van der Waals surface area contributed by atoms with Gasteiger partial charge in [0.15, 0.2) is 0 Å². The van der Waals surface area contributed by atoms with Gasteiger partial charge in [-0.3, -0.25) is 13.9 Å². The third-order valence-electron chi connectivity index (χ3n) is 2.62. The first-order valence-corrected chi connectivity index (χ1v) is 4.63. The number of hydrogen-bond donors (Lipinski definition) is 0. The average molecular weight is 239 g/mol. The largest absolute Gasteiger partial charge is 0.437 e. The molecule has 0 unspecified atom stereocenters. The second kappa shape index (κ2) is 3.27. The summed E-state index contributed by atoms with van der Waals surface area (Å²) in [7, 11) is 4.07. The zero-order chi connectivity index (χ0) is 12.9. The van der Waals surface area contributed by atoms with E-state index < -0.39 is 22.1 Å². The summed E-state index contributed by atoms with van der Waals surface area (Å²) < 4.78 is 3.05. The molecule has 0 bridgehead atoms. The van der Waals surface area contributed by atoms with Crippen LogP contribution in [0.5, 0.6) is 0 Å². The predicted octanol–water partition coefficient (Wildman–Crippen LogP) is -1.12. The minimum atomic E-state index is -0.704. The maximum Gasteiger partial charge on any atom is 0.437 e. The summed E-state index contributed by atoms with van der Waals surface area (Å²) >= 11 is 0. The Kier molecular flexibility index (Phi) is 2.12. The van der Waals surface area contributed by atoms with E-state index in [0.29, 0.717) is 0 Å². The molecule has 0 radical (unpaired) electrons. The molecule has 2 rings (SSSR count). The molecule has 0 fully saturated rings. The number of nitro groups is 1. The van der Waals surface area contributed by atoms with Gasteiger partial charge in [0.1, 0.15) is 0 Å². The number of imidazole rings is 1. The maximum atomic E-state index is 11.8. The molecule has 2 aromatic heterocycles. The molecule has 17 heavy (non-hydrogen) atoms. The van der Waals surface area contributed by atoms with Crippen molar-refractivity contribution in [3.8, 4) is 0 Å². The van der Waals surface area contributed by atoms with Crippen molar-refractivity contribution in [2.24, 2.45) is 21.1 Å². The van der Waals surface area contributed by atoms with Gasteiger partial charge in [0.2, 0.25) is 5.52 Å². The molecule has 2 aromatic rings. The number of fused-ring (bicyclic) bond motifs is 1. The van der Waals surface area contributed by atoms with E-state index in [4.69, 9.17) is 0 Å². The molecule has 2 heterocycles. The SMILES string of the molecule is Cn1c(=O)c2c(nc([N+](=O)[O-])n2C)n(C)c1=O.